The Hall–Kier alpha value is -2.66. The molecule has 0 bridgehead atoms. The van der Waals surface area contributed by atoms with E-state index in [2.05, 4.69) is 26.8 Å². The molecule has 0 spiro atoms. The fourth-order valence-electron chi connectivity index (χ4n) is 2.57. The fraction of sp³-hybridized carbons (Fsp3) is 0.300. The molecule has 0 aromatic carbocycles. The molecule has 0 aliphatic heterocycles. The third-order valence-electron chi connectivity index (χ3n) is 3.81. The summed E-state index contributed by atoms with van der Waals surface area (Å²) in [6.07, 6.45) is 10.3. The van der Waals surface area contributed by atoms with Crippen molar-refractivity contribution < 1.29 is 4.79 Å². The van der Waals surface area contributed by atoms with E-state index in [-0.39, 0.29) is 5.91 Å². The van der Waals surface area contributed by atoms with E-state index < -0.39 is 0 Å². The first kappa shape index (κ1) is 18.7. The van der Waals surface area contributed by atoms with E-state index in [4.69, 9.17) is 0 Å². The smallest absolute Gasteiger partial charge is 0.250 e. The SMILES string of the molecule is C=C(/C=C(\C=C/C)c1ccnc2[nH]ccc12)C(=O)NCCCN(C)C. The van der Waals surface area contributed by atoms with Gasteiger partial charge in [0.25, 0.3) is 5.91 Å². The summed E-state index contributed by atoms with van der Waals surface area (Å²) in [5.41, 5.74) is 3.22. The van der Waals surface area contributed by atoms with Gasteiger partial charge in [-0.1, -0.05) is 18.7 Å². The van der Waals surface area contributed by atoms with E-state index in [0.717, 1.165) is 35.1 Å². The number of carbonyl (C=O) groups is 1. The van der Waals surface area contributed by atoms with E-state index >= 15 is 0 Å². The molecule has 2 aromatic rings. The Bertz CT molecular complexity index is 799. The van der Waals surface area contributed by atoms with Gasteiger partial charge < -0.3 is 15.2 Å². The van der Waals surface area contributed by atoms with Crippen LogP contribution in [-0.4, -0.2) is 48.0 Å². The normalized spacial score (nSPS) is 12.2. The second kappa shape index (κ2) is 8.99. The van der Waals surface area contributed by atoms with Gasteiger partial charge in [-0.3, -0.25) is 4.79 Å². The number of hydrogen-bond acceptors (Lipinski definition) is 3. The van der Waals surface area contributed by atoms with E-state index in [1.165, 1.54) is 0 Å². The average molecular weight is 338 g/mol. The van der Waals surface area contributed by atoms with Crippen molar-refractivity contribution in [1.29, 1.82) is 0 Å². The molecule has 132 valence electrons. The fourth-order valence-corrected chi connectivity index (χ4v) is 2.57. The third-order valence-corrected chi connectivity index (χ3v) is 3.81. The molecule has 2 N–H and O–H groups in total. The van der Waals surface area contributed by atoms with Gasteiger partial charge in [0.05, 0.1) is 0 Å². The average Bonchev–Trinajstić information content (AvgIpc) is 3.06. The molecule has 1 amide bonds. The number of carbonyl (C=O) groups excluding carboxylic acids is 1. The molecule has 0 radical (unpaired) electrons. The van der Waals surface area contributed by atoms with E-state index in [1.54, 1.807) is 6.20 Å². The molecule has 0 aliphatic rings. The van der Waals surface area contributed by atoms with Crippen molar-refractivity contribution in [2.45, 2.75) is 13.3 Å². The Morgan fingerprint density at radius 3 is 2.92 bits per heavy atom. The predicted octanol–water partition coefficient (Wildman–Crippen LogP) is 3.15. The number of H-pyrrole nitrogens is 1. The highest BCUT2D eigenvalue weighted by Gasteiger charge is 2.09. The summed E-state index contributed by atoms with van der Waals surface area (Å²) in [6.45, 7) is 7.46. The van der Waals surface area contributed by atoms with Crippen LogP contribution in [0.25, 0.3) is 16.6 Å². The number of nitrogens with one attached hydrogen (secondary N) is 2. The zero-order chi connectivity index (χ0) is 18.2. The monoisotopic (exact) mass is 338 g/mol. The van der Waals surface area contributed by atoms with Gasteiger partial charge in [-0.25, -0.2) is 4.98 Å². The van der Waals surface area contributed by atoms with Crippen LogP contribution in [0, 0.1) is 0 Å². The summed E-state index contributed by atoms with van der Waals surface area (Å²) in [4.78, 5) is 21.8. The van der Waals surface area contributed by atoms with Gasteiger partial charge in [0.2, 0.25) is 0 Å². The maximum atomic E-state index is 12.3. The number of pyridine rings is 1. The van der Waals surface area contributed by atoms with Crippen molar-refractivity contribution >= 4 is 22.5 Å². The number of rotatable bonds is 8. The van der Waals surface area contributed by atoms with Crippen molar-refractivity contribution in [3.63, 3.8) is 0 Å². The maximum Gasteiger partial charge on any atom is 0.250 e. The molecule has 0 unspecified atom stereocenters. The minimum absolute atomic E-state index is 0.139. The van der Waals surface area contributed by atoms with Crippen LogP contribution in [0.5, 0.6) is 0 Å². The van der Waals surface area contributed by atoms with Crippen LogP contribution in [0.3, 0.4) is 0 Å². The molecule has 2 aromatic heterocycles. The summed E-state index contributed by atoms with van der Waals surface area (Å²) < 4.78 is 0. The molecule has 0 saturated heterocycles. The highest BCUT2D eigenvalue weighted by atomic mass is 16.1. The number of hydrogen-bond donors (Lipinski definition) is 2. The van der Waals surface area contributed by atoms with Gasteiger partial charge in [-0.2, -0.15) is 0 Å². The van der Waals surface area contributed by atoms with E-state index in [9.17, 15) is 4.79 Å². The Labute approximate surface area is 149 Å². The number of nitrogens with zero attached hydrogens (tertiary/aromatic N) is 2. The largest absolute Gasteiger partial charge is 0.352 e. The minimum atomic E-state index is -0.139. The van der Waals surface area contributed by atoms with Crippen LogP contribution in [0.1, 0.15) is 18.9 Å². The van der Waals surface area contributed by atoms with Crippen LogP contribution in [0.2, 0.25) is 0 Å². The summed E-state index contributed by atoms with van der Waals surface area (Å²) >= 11 is 0. The lowest BCUT2D eigenvalue weighted by atomic mass is 10.0. The Kier molecular flexibility index (Phi) is 6.71. The number of allylic oxidation sites excluding steroid dienone is 3. The summed E-state index contributed by atoms with van der Waals surface area (Å²) in [7, 11) is 4.03. The van der Waals surface area contributed by atoms with Crippen LogP contribution in [-0.2, 0) is 4.79 Å². The van der Waals surface area contributed by atoms with Crippen molar-refractivity contribution in [3.8, 4) is 0 Å². The minimum Gasteiger partial charge on any atom is -0.352 e. The lowest BCUT2D eigenvalue weighted by molar-refractivity contribution is -0.117. The number of fused-ring (bicyclic) bond motifs is 1. The lowest BCUT2D eigenvalue weighted by Gasteiger charge is -2.10. The number of aromatic amines is 1. The Morgan fingerprint density at radius 1 is 1.40 bits per heavy atom. The Morgan fingerprint density at radius 2 is 2.20 bits per heavy atom. The third kappa shape index (κ3) is 5.16. The van der Waals surface area contributed by atoms with Crippen molar-refractivity contribution in [1.82, 2.24) is 20.2 Å². The molecule has 2 heterocycles. The van der Waals surface area contributed by atoms with E-state index in [1.807, 2.05) is 57.6 Å². The molecule has 0 saturated carbocycles. The zero-order valence-electron chi connectivity index (χ0n) is 15.2. The molecular formula is C20H26N4O. The summed E-state index contributed by atoms with van der Waals surface area (Å²) in [5, 5.41) is 3.94. The van der Waals surface area contributed by atoms with Gasteiger partial charge in [-0.15, -0.1) is 0 Å². The molecule has 2 rings (SSSR count). The van der Waals surface area contributed by atoms with Gasteiger partial charge >= 0.3 is 0 Å². The van der Waals surface area contributed by atoms with Gasteiger partial charge in [0.15, 0.2) is 0 Å². The highest BCUT2D eigenvalue weighted by molar-refractivity contribution is 6.00. The quantitative estimate of drug-likeness (QED) is 0.442. The van der Waals surface area contributed by atoms with Crippen LogP contribution < -0.4 is 5.32 Å². The summed E-state index contributed by atoms with van der Waals surface area (Å²) in [6, 6.07) is 3.93. The molecule has 0 fully saturated rings. The topological polar surface area (TPSA) is 61.0 Å². The molecular weight excluding hydrogens is 312 g/mol. The first-order chi connectivity index (χ1) is 12.0. The van der Waals surface area contributed by atoms with Crippen molar-refractivity contribution in [2.24, 2.45) is 0 Å². The van der Waals surface area contributed by atoms with Crippen LogP contribution >= 0.6 is 0 Å². The molecule has 0 atom stereocenters. The standard InChI is InChI=1S/C20H26N4O/c1-5-7-16(17-8-11-21-19-18(17)9-12-22-19)14-15(2)20(25)23-10-6-13-24(3)4/h5,7-9,11-12,14H,2,6,10,13H2,1,3-4H3,(H,21,22)(H,23,25)/b7-5-,16-14+. The summed E-state index contributed by atoms with van der Waals surface area (Å²) in [5.74, 6) is -0.139. The predicted molar refractivity (Wildman–Crippen MR) is 104 cm³/mol. The molecule has 25 heavy (non-hydrogen) atoms. The van der Waals surface area contributed by atoms with Gasteiger partial charge in [0.1, 0.15) is 5.65 Å². The zero-order valence-corrected chi connectivity index (χ0v) is 15.2. The molecule has 5 nitrogen and oxygen atoms in total. The van der Waals surface area contributed by atoms with Gasteiger partial charge in [-0.05, 0) is 63.3 Å². The number of aromatic nitrogens is 2. The van der Waals surface area contributed by atoms with E-state index in [0.29, 0.717) is 12.1 Å². The maximum absolute atomic E-state index is 12.3. The van der Waals surface area contributed by atoms with Crippen LogP contribution in [0.4, 0.5) is 0 Å². The second-order valence-corrected chi connectivity index (χ2v) is 6.14. The molecule has 5 heteroatoms. The first-order valence-electron chi connectivity index (χ1n) is 8.41. The first-order valence-corrected chi connectivity index (χ1v) is 8.41. The number of amides is 1. The second-order valence-electron chi connectivity index (χ2n) is 6.14. The van der Waals surface area contributed by atoms with Crippen LogP contribution in [0.15, 0.2) is 54.9 Å². The van der Waals surface area contributed by atoms with Crippen molar-refractivity contribution in [3.05, 3.63) is 60.5 Å². The molecule has 0 aliphatic carbocycles. The van der Waals surface area contributed by atoms with Gasteiger partial charge in [0, 0.05) is 29.9 Å². The Balaban J connectivity index is 2.15. The van der Waals surface area contributed by atoms with Crippen molar-refractivity contribution in [2.75, 3.05) is 27.2 Å². The lowest BCUT2D eigenvalue weighted by Crippen LogP contribution is -2.27. The highest BCUT2D eigenvalue weighted by Crippen LogP contribution is 2.25.